The molecule has 0 spiro atoms. The summed E-state index contributed by atoms with van der Waals surface area (Å²) >= 11 is 0. The molecule has 0 aliphatic rings. The van der Waals surface area contributed by atoms with E-state index in [0.717, 1.165) is 0 Å². The lowest BCUT2D eigenvalue weighted by molar-refractivity contribution is -0.116. The van der Waals surface area contributed by atoms with E-state index in [1.807, 2.05) is 39.8 Å². The quantitative estimate of drug-likeness (QED) is 0.129. The Balaban J connectivity index is 2.34. The van der Waals surface area contributed by atoms with Gasteiger partial charge in [0.05, 0.1) is 24.2 Å². The SMILES string of the molecule is CC(=NCCN=C(C)/C(C(=O)CC(C)C)=C(\O)c1ccccc1)/C(C(=O)CC(C)C)=C(/O)c1ccccc1. The Labute approximate surface area is 226 Å². The van der Waals surface area contributed by atoms with Gasteiger partial charge in [0, 0.05) is 35.4 Å². The summed E-state index contributed by atoms with van der Waals surface area (Å²) in [5.41, 5.74) is 2.39. The molecule has 0 unspecified atom stereocenters. The summed E-state index contributed by atoms with van der Waals surface area (Å²) in [7, 11) is 0. The van der Waals surface area contributed by atoms with Crippen molar-refractivity contribution in [3.8, 4) is 0 Å². The van der Waals surface area contributed by atoms with Gasteiger partial charge in [-0.05, 0) is 25.7 Å². The number of hydrogen-bond acceptors (Lipinski definition) is 6. The van der Waals surface area contributed by atoms with Crippen LogP contribution in [-0.4, -0.2) is 46.3 Å². The fourth-order valence-electron chi connectivity index (χ4n) is 4.03. The number of hydrogen-bond donors (Lipinski definition) is 2. The zero-order valence-corrected chi connectivity index (χ0v) is 23.4. The Kier molecular flexibility index (Phi) is 11.9. The Morgan fingerprint density at radius 1 is 0.632 bits per heavy atom. The summed E-state index contributed by atoms with van der Waals surface area (Å²) < 4.78 is 0. The highest BCUT2D eigenvalue weighted by atomic mass is 16.3. The summed E-state index contributed by atoms with van der Waals surface area (Å²) in [6.45, 7) is 11.7. The van der Waals surface area contributed by atoms with E-state index in [0.29, 0.717) is 35.4 Å². The largest absolute Gasteiger partial charge is 0.506 e. The van der Waals surface area contributed by atoms with Crippen LogP contribution in [0.15, 0.2) is 81.8 Å². The highest BCUT2D eigenvalue weighted by molar-refractivity contribution is 6.26. The van der Waals surface area contributed by atoms with E-state index in [1.54, 1.807) is 62.4 Å². The summed E-state index contributed by atoms with van der Waals surface area (Å²) in [4.78, 5) is 35.1. The molecular formula is C32H40N2O4. The number of aliphatic imine (C=N–C) groups is 2. The number of benzene rings is 2. The zero-order chi connectivity index (χ0) is 28.2. The maximum atomic E-state index is 13.0. The van der Waals surface area contributed by atoms with Crippen LogP contribution in [0.4, 0.5) is 0 Å². The van der Waals surface area contributed by atoms with Gasteiger partial charge in [-0.1, -0.05) is 88.4 Å². The van der Waals surface area contributed by atoms with Crippen LogP contribution in [-0.2, 0) is 9.59 Å². The van der Waals surface area contributed by atoms with Gasteiger partial charge in [-0.25, -0.2) is 0 Å². The fourth-order valence-corrected chi connectivity index (χ4v) is 4.03. The van der Waals surface area contributed by atoms with Gasteiger partial charge >= 0.3 is 0 Å². The van der Waals surface area contributed by atoms with Gasteiger partial charge in [0.2, 0.25) is 0 Å². The number of carbonyl (C=O) groups is 2. The van der Waals surface area contributed by atoms with Gasteiger partial charge in [-0.15, -0.1) is 0 Å². The lowest BCUT2D eigenvalue weighted by Gasteiger charge is -2.13. The van der Waals surface area contributed by atoms with Gasteiger partial charge in [-0.3, -0.25) is 19.6 Å². The van der Waals surface area contributed by atoms with Gasteiger partial charge in [0.25, 0.3) is 0 Å². The molecule has 0 heterocycles. The van der Waals surface area contributed by atoms with Gasteiger partial charge in [0.15, 0.2) is 11.6 Å². The smallest absolute Gasteiger partial charge is 0.168 e. The van der Waals surface area contributed by atoms with Crippen molar-refractivity contribution in [2.45, 2.75) is 54.4 Å². The molecule has 6 nitrogen and oxygen atoms in total. The number of carbonyl (C=O) groups excluding carboxylic acids is 2. The number of aliphatic hydroxyl groups is 2. The first-order valence-electron chi connectivity index (χ1n) is 13.1. The number of nitrogens with zero attached hydrogens (tertiary/aromatic N) is 2. The van der Waals surface area contributed by atoms with Crippen molar-refractivity contribution in [2.24, 2.45) is 21.8 Å². The fraction of sp³-hybridized carbons (Fsp3) is 0.375. The number of aliphatic hydroxyl groups excluding tert-OH is 2. The van der Waals surface area contributed by atoms with Crippen LogP contribution in [0.3, 0.4) is 0 Å². The molecule has 2 N–H and O–H groups in total. The van der Waals surface area contributed by atoms with Crippen molar-refractivity contribution in [3.63, 3.8) is 0 Å². The predicted molar refractivity (Wildman–Crippen MR) is 157 cm³/mol. The normalized spacial score (nSPS) is 13.9. The van der Waals surface area contributed by atoms with E-state index in [-0.39, 0.29) is 59.2 Å². The Morgan fingerprint density at radius 3 is 1.24 bits per heavy atom. The van der Waals surface area contributed by atoms with Crippen LogP contribution in [0.2, 0.25) is 0 Å². The standard InChI is InChI=1S/C32H40N2O4/c1-21(2)19-27(35)29(31(37)25-13-9-7-10-14-25)23(5)33-17-18-34-24(6)30(28(36)20-22(3)4)32(38)26-15-11-8-12-16-26/h7-16,21-22,37-38H,17-20H2,1-6H3/b31-29-,32-30+,33-23?,34-24?. The van der Waals surface area contributed by atoms with Crippen molar-refractivity contribution in [1.82, 2.24) is 0 Å². The number of Topliss-reactive ketones (excluding diaryl/α,β-unsaturated/α-hetero) is 2. The molecule has 0 radical (unpaired) electrons. The summed E-state index contributed by atoms with van der Waals surface area (Å²) in [6.07, 6.45) is 0.586. The Bertz CT molecular complexity index is 1120. The first-order valence-corrected chi connectivity index (χ1v) is 13.1. The molecule has 0 bridgehead atoms. The molecule has 6 heteroatoms. The summed E-state index contributed by atoms with van der Waals surface area (Å²) in [5.74, 6) is -0.248. The third-order valence-corrected chi connectivity index (χ3v) is 5.83. The lowest BCUT2D eigenvalue weighted by atomic mass is 9.95. The summed E-state index contributed by atoms with van der Waals surface area (Å²) in [5, 5.41) is 21.9. The third-order valence-electron chi connectivity index (χ3n) is 5.83. The van der Waals surface area contributed by atoms with Crippen molar-refractivity contribution < 1.29 is 19.8 Å². The third kappa shape index (κ3) is 8.94. The molecule has 0 amide bonds. The van der Waals surface area contributed by atoms with E-state index in [1.165, 1.54) is 0 Å². The lowest BCUT2D eigenvalue weighted by Crippen LogP contribution is -2.17. The highest BCUT2D eigenvalue weighted by Gasteiger charge is 2.22. The average molecular weight is 517 g/mol. The molecule has 0 aromatic heterocycles. The second kappa shape index (κ2) is 14.8. The molecule has 2 aromatic rings. The zero-order valence-electron chi connectivity index (χ0n) is 23.4. The van der Waals surface area contributed by atoms with Crippen LogP contribution in [0.5, 0.6) is 0 Å². The molecule has 0 aliphatic heterocycles. The van der Waals surface area contributed by atoms with Crippen LogP contribution < -0.4 is 0 Å². The maximum absolute atomic E-state index is 13.0. The topological polar surface area (TPSA) is 99.3 Å². The van der Waals surface area contributed by atoms with Crippen molar-refractivity contribution >= 4 is 34.5 Å². The van der Waals surface area contributed by atoms with E-state index in [9.17, 15) is 19.8 Å². The minimum atomic E-state index is -0.167. The average Bonchev–Trinajstić information content (AvgIpc) is 2.87. The Morgan fingerprint density at radius 2 is 0.947 bits per heavy atom. The first kappa shape index (κ1) is 30.4. The van der Waals surface area contributed by atoms with Crippen LogP contribution >= 0.6 is 0 Å². The van der Waals surface area contributed by atoms with Gasteiger partial charge in [0.1, 0.15) is 11.5 Å². The van der Waals surface area contributed by atoms with Gasteiger partial charge in [-0.2, -0.15) is 0 Å². The molecule has 0 atom stereocenters. The van der Waals surface area contributed by atoms with E-state index < -0.39 is 0 Å². The second-order valence-electron chi connectivity index (χ2n) is 10.2. The number of ketones is 2. The summed E-state index contributed by atoms with van der Waals surface area (Å²) in [6, 6.07) is 17.9. The number of rotatable bonds is 13. The van der Waals surface area contributed by atoms with E-state index in [4.69, 9.17) is 0 Å². The van der Waals surface area contributed by atoms with Crippen molar-refractivity contribution in [3.05, 3.63) is 82.9 Å². The minimum absolute atomic E-state index is 0.0885. The van der Waals surface area contributed by atoms with Crippen LogP contribution in [0.25, 0.3) is 11.5 Å². The first-order chi connectivity index (χ1) is 18.0. The molecular weight excluding hydrogens is 476 g/mol. The molecule has 0 fully saturated rings. The van der Waals surface area contributed by atoms with E-state index in [2.05, 4.69) is 9.98 Å². The molecule has 0 saturated heterocycles. The van der Waals surface area contributed by atoms with Crippen LogP contribution in [0, 0.1) is 11.8 Å². The predicted octanol–water partition coefficient (Wildman–Crippen LogP) is 7.08. The van der Waals surface area contributed by atoms with E-state index >= 15 is 0 Å². The van der Waals surface area contributed by atoms with Crippen LogP contribution in [0.1, 0.15) is 65.5 Å². The monoisotopic (exact) mass is 516 g/mol. The van der Waals surface area contributed by atoms with Crippen molar-refractivity contribution in [2.75, 3.05) is 13.1 Å². The molecule has 0 saturated carbocycles. The maximum Gasteiger partial charge on any atom is 0.168 e. The number of allylic oxidation sites excluding steroid dienone is 2. The molecule has 2 rings (SSSR count). The Hall–Kier alpha value is -3.80. The molecule has 38 heavy (non-hydrogen) atoms. The minimum Gasteiger partial charge on any atom is -0.506 e. The molecule has 202 valence electrons. The van der Waals surface area contributed by atoms with Gasteiger partial charge < -0.3 is 10.2 Å². The second-order valence-corrected chi connectivity index (χ2v) is 10.2. The molecule has 0 aliphatic carbocycles. The van der Waals surface area contributed by atoms with Crippen molar-refractivity contribution in [1.29, 1.82) is 0 Å². The molecule has 2 aromatic carbocycles. The highest BCUT2D eigenvalue weighted by Crippen LogP contribution is 2.22.